The van der Waals surface area contributed by atoms with Gasteiger partial charge in [0.2, 0.25) is 0 Å². The average Bonchev–Trinajstić information content (AvgIpc) is 2.37. The third-order valence-corrected chi connectivity index (χ3v) is 1.21. The molecule has 1 rings (SSSR count). The second-order valence-electron chi connectivity index (χ2n) is 2.02. The van der Waals surface area contributed by atoms with E-state index in [-0.39, 0.29) is 12.2 Å². The Labute approximate surface area is 62.9 Å². The lowest BCUT2D eigenvalue weighted by Gasteiger charge is -1.93. The molecule has 0 aliphatic rings. The summed E-state index contributed by atoms with van der Waals surface area (Å²) in [7, 11) is 0. The number of aromatic nitrogens is 2. The molecule has 11 heavy (non-hydrogen) atoms. The molecule has 60 valence electrons. The van der Waals surface area contributed by atoms with E-state index in [0.717, 1.165) is 0 Å². The summed E-state index contributed by atoms with van der Waals surface area (Å²) in [5.74, 6) is -1.01. The van der Waals surface area contributed by atoms with E-state index in [4.69, 9.17) is 10.2 Å². The largest absolute Gasteiger partial charge is 0.478 e. The second-order valence-corrected chi connectivity index (χ2v) is 2.02. The molecule has 1 aromatic heterocycles. The van der Waals surface area contributed by atoms with Crippen molar-refractivity contribution in [2.24, 2.45) is 0 Å². The molecule has 5 nitrogen and oxygen atoms in total. The van der Waals surface area contributed by atoms with Crippen molar-refractivity contribution in [3.8, 4) is 0 Å². The van der Waals surface area contributed by atoms with Gasteiger partial charge in [0.25, 0.3) is 0 Å². The first-order valence-corrected chi connectivity index (χ1v) is 3.10. The molecule has 1 aromatic rings. The van der Waals surface area contributed by atoms with Crippen LogP contribution >= 0.6 is 0 Å². The van der Waals surface area contributed by atoms with E-state index >= 15 is 0 Å². The van der Waals surface area contributed by atoms with Crippen LogP contribution in [0.4, 0.5) is 0 Å². The molecule has 0 fully saturated rings. The molecule has 5 heteroatoms. The molecule has 0 aliphatic heterocycles. The Morgan fingerprint density at radius 3 is 2.91 bits per heavy atom. The van der Waals surface area contributed by atoms with E-state index in [2.05, 4.69) is 5.10 Å². The quantitative estimate of drug-likeness (QED) is 0.622. The summed E-state index contributed by atoms with van der Waals surface area (Å²) in [4.78, 5) is 10.3. The molecule has 0 aromatic carbocycles. The van der Waals surface area contributed by atoms with Crippen LogP contribution in [-0.4, -0.2) is 32.6 Å². The zero-order chi connectivity index (χ0) is 8.27. The van der Waals surface area contributed by atoms with Crippen molar-refractivity contribution in [3.63, 3.8) is 0 Å². The first kappa shape index (κ1) is 7.74. The fourth-order valence-electron chi connectivity index (χ4n) is 0.699. The van der Waals surface area contributed by atoms with E-state index in [9.17, 15) is 4.79 Å². The molecule has 0 unspecified atom stereocenters. The van der Waals surface area contributed by atoms with Gasteiger partial charge in [-0.1, -0.05) is 0 Å². The lowest BCUT2D eigenvalue weighted by atomic mass is 10.4. The Hall–Kier alpha value is -1.36. The fourth-order valence-corrected chi connectivity index (χ4v) is 0.699. The molecule has 1 heterocycles. The Morgan fingerprint density at radius 2 is 2.45 bits per heavy atom. The van der Waals surface area contributed by atoms with E-state index in [1.165, 1.54) is 17.1 Å². The molecule has 2 N–H and O–H groups in total. The predicted octanol–water partition coefficient (Wildman–Crippen LogP) is -0.426. The van der Waals surface area contributed by atoms with Crippen molar-refractivity contribution in [2.75, 3.05) is 6.61 Å². The van der Waals surface area contributed by atoms with Gasteiger partial charge < -0.3 is 10.2 Å². The molecule has 0 bridgehead atoms. The van der Waals surface area contributed by atoms with Gasteiger partial charge in [-0.3, -0.25) is 4.68 Å². The molecule has 0 aliphatic carbocycles. The van der Waals surface area contributed by atoms with Gasteiger partial charge in [-0.15, -0.1) is 0 Å². The van der Waals surface area contributed by atoms with Gasteiger partial charge in [-0.25, -0.2) is 4.79 Å². The van der Waals surface area contributed by atoms with Gasteiger partial charge in [-0.05, 0) is 0 Å². The maximum absolute atomic E-state index is 10.3. The SMILES string of the molecule is O=C(O)c1cnn(CCO)c1. The van der Waals surface area contributed by atoms with E-state index in [0.29, 0.717) is 6.54 Å². The zero-order valence-corrected chi connectivity index (χ0v) is 5.77. The van der Waals surface area contributed by atoms with Crippen LogP contribution in [0.25, 0.3) is 0 Å². The number of aliphatic hydroxyl groups is 1. The highest BCUT2D eigenvalue weighted by molar-refractivity contribution is 5.86. The van der Waals surface area contributed by atoms with Crippen LogP contribution in [0.3, 0.4) is 0 Å². The summed E-state index contributed by atoms with van der Waals surface area (Å²) < 4.78 is 1.38. The van der Waals surface area contributed by atoms with Crippen LogP contribution in [0.15, 0.2) is 12.4 Å². The summed E-state index contributed by atoms with van der Waals surface area (Å²) in [5.41, 5.74) is 0.137. The number of carboxylic acids is 1. The molecular formula is C6H8N2O3. The third-order valence-electron chi connectivity index (χ3n) is 1.21. The Kier molecular flexibility index (Phi) is 2.22. The standard InChI is InChI=1S/C6H8N2O3/c9-2-1-8-4-5(3-7-8)6(10)11/h3-4,9H,1-2H2,(H,10,11). The van der Waals surface area contributed by atoms with E-state index < -0.39 is 5.97 Å². The molecule has 0 amide bonds. The molecule has 0 atom stereocenters. The zero-order valence-electron chi connectivity index (χ0n) is 5.77. The highest BCUT2D eigenvalue weighted by atomic mass is 16.4. The topological polar surface area (TPSA) is 75.3 Å². The third kappa shape index (κ3) is 1.78. The average molecular weight is 156 g/mol. The number of aromatic carboxylic acids is 1. The Balaban J connectivity index is 2.73. The minimum atomic E-state index is -1.01. The van der Waals surface area contributed by atoms with E-state index in [1.807, 2.05) is 0 Å². The number of rotatable bonds is 3. The monoisotopic (exact) mass is 156 g/mol. The Bertz CT molecular complexity index is 256. The summed E-state index contributed by atoms with van der Waals surface area (Å²) in [6, 6.07) is 0. The second kappa shape index (κ2) is 3.16. The van der Waals surface area contributed by atoms with E-state index in [1.54, 1.807) is 0 Å². The van der Waals surface area contributed by atoms with Crippen molar-refractivity contribution in [1.82, 2.24) is 9.78 Å². The van der Waals surface area contributed by atoms with Crippen molar-refractivity contribution in [3.05, 3.63) is 18.0 Å². The highest BCUT2D eigenvalue weighted by Gasteiger charge is 2.04. The summed E-state index contributed by atoms with van der Waals surface area (Å²) in [5, 5.41) is 20.6. The number of carbonyl (C=O) groups is 1. The van der Waals surface area contributed by atoms with Crippen LogP contribution < -0.4 is 0 Å². The van der Waals surface area contributed by atoms with Gasteiger partial charge in [0.1, 0.15) is 0 Å². The number of hydrogen-bond donors (Lipinski definition) is 2. The predicted molar refractivity (Wildman–Crippen MR) is 36.3 cm³/mol. The molecule has 0 saturated carbocycles. The van der Waals surface area contributed by atoms with Gasteiger partial charge in [-0.2, -0.15) is 5.10 Å². The summed E-state index contributed by atoms with van der Waals surface area (Å²) in [6.07, 6.45) is 2.62. The molecule has 0 radical (unpaired) electrons. The minimum Gasteiger partial charge on any atom is -0.478 e. The van der Waals surface area contributed by atoms with Gasteiger partial charge >= 0.3 is 5.97 Å². The van der Waals surface area contributed by atoms with Gasteiger partial charge in [0, 0.05) is 6.20 Å². The maximum atomic E-state index is 10.3. The minimum absolute atomic E-state index is 0.0409. The number of hydrogen-bond acceptors (Lipinski definition) is 3. The molecule has 0 saturated heterocycles. The Morgan fingerprint density at radius 1 is 1.73 bits per heavy atom. The van der Waals surface area contributed by atoms with Crippen molar-refractivity contribution in [2.45, 2.75) is 6.54 Å². The van der Waals surface area contributed by atoms with Crippen molar-refractivity contribution in [1.29, 1.82) is 0 Å². The van der Waals surface area contributed by atoms with Gasteiger partial charge in [0.15, 0.2) is 0 Å². The number of carboxylic acid groups (broad SMARTS) is 1. The smallest absolute Gasteiger partial charge is 0.338 e. The summed E-state index contributed by atoms with van der Waals surface area (Å²) >= 11 is 0. The van der Waals surface area contributed by atoms with Crippen LogP contribution in [0.2, 0.25) is 0 Å². The first-order chi connectivity index (χ1) is 5.24. The molecule has 0 spiro atoms. The maximum Gasteiger partial charge on any atom is 0.338 e. The lowest BCUT2D eigenvalue weighted by molar-refractivity contribution is 0.0696. The van der Waals surface area contributed by atoms with Crippen LogP contribution in [-0.2, 0) is 6.54 Å². The molecular weight excluding hydrogens is 148 g/mol. The van der Waals surface area contributed by atoms with Crippen molar-refractivity contribution >= 4 is 5.97 Å². The summed E-state index contributed by atoms with van der Waals surface area (Å²) in [6.45, 7) is 0.286. The van der Waals surface area contributed by atoms with Crippen molar-refractivity contribution < 1.29 is 15.0 Å². The lowest BCUT2D eigenvalue weighted by Crippen LogP contribution is -2.02. The highest BCUT2D eigenvalue weighted by Crippen LogP contribution is 1.96. The van der Waals surface area contributed by atoms with Gasteiger partial charge in [0.05, 0.1) is 24.9 Å². The van der Waals surface area contributed by atoms with Crippen LogP contribution in [0, 0.1) is 0 Å². The van der Waals surface area contributed by atoms with Crippen LogP contribution in [0.5, 0.6) is 0 Å². The normalized spacial score (nSPS) is 9.91. The number of nitrogens with zero attached hydrogens (tertiary/aromatic N) is 2. The fraction of sp³-hybridized carbons (Fsp3) is 0.333. The first-order valence-electron chi connectivity index (χ1n) is 3.10. The number of aliphatic hydroxyl groups excluding tert-OH is 1. The van der Waals surface area contributed by atoms with Crippen LogP contribution in [0.1, 0.15) is 10.4 Å².